The number of benzene rings is 1. The molecule has 2 atom stereocenters. The van der Waals surface area contributed by atoms with Crippen molar-refractivity contribution in [2.24, 2.45) is 5.92 Å². The summed E-state index contributed by atoms with van der Waals surface area (Å²) in [4.78, 5) is 18.6. The van der Waals surface area contributed by atoms with Crippen molar-refractivity contribution in [3.63, 3.8) is 0 Å². The molecule has 5 nitrogen and oxygen atoms in total. The lowest BCUT2D eigenvalue weighted by atomic mass is 9.96. The predicted molar refractivity (Wildman–Crippen MR) is 114 cm³/mol. The zero-order chi connectivity index (χ0) is 20.8. The van der Waals surface area contributed by atoms with E-state index in [0.717, 1.165) is 34.3 Å². The van der Waals surface area contributed by atoms with E-state index in [4.69, 9.17) is 9.84 Å². The average Bonchev–Trinajstić information content (AvgIpc) is 3.16. The fourth-order valence-electron chi connectivity index (χ4n) is 3.47. The highest BCUT2D eigenvalue weighted by Crippen LogP contribution is 2.32. The molecular weight excluding hydrogens is 364 g/mol. The Morgan fingerprint density at radius 1 is 1.21 bits per heavy atom. The van der Waals surface area contributed by atoms with E-state index in [9.17, 15) is 4.79 Å². The number of H-pyrrole nitrogens is 1. The third kappa shape index (κ3) is 5.17. The SMILES string of the molecule is CC#CC(CC(=O)O)c1ccc(OC(CC(C)C)c2ccnc3[nH]ccc23)cc1. The summed E-state index contributed by atoms with van der Waals surface area (Å²) in [5.74, 6) is 5.83. The van der Waals surface area contributed by atoms with Crippen LogP contribution in [0, 0.1) is 17.8 Å². The van der Waals surface area contributed by atoms with Gasteiger partial charge in [0.1, 0.15) is 17.5 Å². The summed E-state index contributed by atoms with van der Waals surface area (Å²) in [5.41, 5.74) is 2.84. The standard InChI is InChI=1S/C24H26N2O3/c1-4-5-18(15-23(27)28)17-6-8-19(9-7-17)29-22(14-16(2)3)20-10-12-25-24-21(20)11-13-26-24/h6-13,16,18,22H,14-15H2,1-3H3,(H,25,26)(H,27,28). The molecule has 3 rings (SSSR count). The molecule has 0 spiro atoms. The Labute approximate surface area is 171 Å². The number of rotatable bonds is 8. The van der Waals surface area contributed by atoms with Gasteiger partial charge in [-0.3, -0.25) is 4.79 Å². The lowest BCUT2D eigenvalue weighted by Gasteiger charge is -2.22. The van der Waals surface area contributed by atoms with Gasteiger partial charge in [0, 0.05) is 23.3 Å². The molecule has 0 radical (unpaired) electrons. The van der Waals surface area contributed by atoms with Gasteiger partial charge >= 0.3 is 5.97 Å². The van der Waals surface area contributed by atoms with Crippen LogP contribution >= 0.6 is 0 Å². The number of aliphatic carboxylic acids is 1. The van der Waals surface area contributed by atoms with Gasteiger partial charge in [0.15, 0.2) is 0 Å². The first kappa shape index (κ1) is 20.5. The first-order chi connectivity index (χ1) is 14.0. The minimum absolute atomic E-state index is 0.0144. The molecule has 2 N–H and O–H groups in total. The monoisotopic (exact) mass is 390 g/mol. The number of nitrogens with one attached hydrogen (secondary N) is 1. The predicted octanol–water partition coefficient (Wildman–Crippen LogP) is 5.31. The number of carboxylic acids is 1. The molecule has 5 heteroatoms. The van der Waals surface area contributed by atoms with Crippen molar-refractivity contribution in [3.8, 4) is 17.6 Å². The second-order valence-electron chi connectivity index (χ2n) is 7.49. The molecule has 3 aromatic rings. The van der Waals surface area contributed by atoms with Crippen LogP contribution in [-0.2, 0) is 4.79 Å². The van der Waals surface area contributed by atoms with Crippen molar-refractivity contribution in [2.75, 3.05) is 0 Å². The molecule has 2 heterocycles. The van der Waals surface area contributed by atoms with E-state index >= 15 is 0 Å². The Morgan fingerprint density at radius 3 is 2.62 bits per heavy atom. The Morgan fingerprint density at radius 2 is 1.97 bits per heavy atom. The highest BCUT2D eigenvalue weighted by Gasteiger charge is 2.19. The average molecular weight is 390 g/mol. The minimum atomic E-state index is -0.858. The number of pyridine rings is 1. The van der Waals surface area contributed by atoms with Crippen LogP contribution in [-0.4, -0.2) is 21.0 Å². The van der Waals surface area contributed by atoms with Crippen molar-refractivity contribution < 1.29 is 14.6 Å². The van der Waals surface area contributed by atoms with Crippen LogP contribution in [0.5, 0.6) is 5.75 Å². The Hall–Kier alpha value is -3.26. The van der Waals surface area contributed by atoms with Gasteiger partial charge < -0.3 is 14.8 Å². The fraction of sp³-hybridized carbons (Fsp3) is 0.333. The van der Waals surface area contributed by atoms with Gasteiger partial charge in [-0.25, -0.2) is 4.98 Å². The molecule has 0 amide bonds. The molecule has 0 saturated heterocycles. The topological polar surface area (TPSA) is 75.2 Å². The molecule has 29 heavy (non-hydrogen) atoms. The molecule has 0 fully saturated rings. The maximum Gasteiger partial charge on any atom is 0.304 e. The number of nitrogens with zero attached hydrogens (tertiary/aromatic N) is 1. The number of ether oxygens (including phenoxy) is 1. The summed E-state index contributed by atoms with van der Waals surface area (Å²) < 4.78 is 6.37. The van der Waals surface area contributed by atoms with Gasteiger partial charge in [-0.05, 0) is 49.1 Å². The van der Waals surface area contributed by atoms with Crippen molar-refractivity contribution >= 4 is 17.0 Å². The second-order valence-corrected chi connectivity index (χ2v) is 7.49. The van der Waals surface area contributed by atoms with Gasteiger partial charge in [0.2, 0.25) is 0 Å². The van der Waals surface area contributed by atoms with Crippen LogP contribution in [0.15, 0.2) is 48.8 Å². The molecular formula is C24H26N2O3. The van der Waals surface area contributed by atoms with Gasteiger partial charge in [-0.2, -0.15) is 0 Å². The zero-order valence-corrected chi connectivity index (χ0v) is 17.0. The Kier molecular flexibility index (Phi) is 6.56. The first-order valence-corrected chi connectivity index (χ1v) is 9.80. The fourth-order valence-corrected chi connectivity index (χ4v) is 3.47. The van der Waals surface area contributed by atoms with E-state index < -0.39 is 5.97 Å². The van der Waals surface area contributed by atoms with Crippen molar-refractivity contribution in [3.05, 3.63) is 59.9 Å². The van der Waals surface area contributed by atoms with E-state index in [1.54, 1.807) is 13.1 Å². The number of hydrogen-bond acceptors (Lipinski definition) is 3. The highest BCUT2D eigenvalue weighted by atomic mass is 16.5. The van der Waals surface area contributed by atoms with E-state index in [0.29, 0.717) is 5.92 Å². The smallest absolute Gasteiger partial charge is 0.304 e. The van der Waals surface area contributed by atoms with Crippen molar-refractivity contribution in [1.82, 2.24) is 9.97 Å². The molecule has 2 unspecified atom stereocenters. The van der Waals surface area contributed by atoms with Crippen LogP contribution in [0.2, 0.25) is 0 Å². The van der Waals surface area contributed by atoms with Gasteiger partial charge in [-0.15, -0.1) is 5.92 Å². The zero-order valence-electron chi connectivity index (χ0n) is 17.0. The van der Waals surface area contributed by atoms with Gasteiger partial charge in [-0.1, -0.05) is 31.9 Å². The molecule has 0 aliphatic rings. The van der Waals surface area contributed by atoms with Gasteiger partial charge in [0.25, 0.3) is 0 Å². The number of aromatic nitrogens is 2. The summed E-state index contributed by atoms with van der Waals surface area (Å²) >= 11 is 0. The highest BCUT2D eigenvalue weighted by molar-refractivity contribution is 5.79. The Balaban J connectivity index is 1.85. The largest absolute Gasteiger partial charge is 0.486 e. The number of fused-ring (bicyclic) bond motifs is 1. The van der Waals surface area contributed by atoms with Crippen LogP contribution < -0.4 is 4.74 Å². The maximum absolute atomic E-state index is 11.1. The quantitative estimate of drug-likeness (QED) is 0.511. The van der Waals surface area contributed by atoms with Crippen molar-refractivity contribution in [2.45, 2.75) is 45.6 Å². The molecule has 2 aromatic heterocycles. The summed E-state index contributed by atoms with van der Waals surface area (Å²) in [6, 6.07) is 11.6. The Bertz CT molecular complexity index is 1030. The summed E-state index contributed by atoms with van der Waals surface area (Å²) in [6.45, 7) is 6.07. The number of carboxylic acid groups (broad SMARTS) is 1. The van der Waals surface area contributed by atoms with Crippen LogP contribution in [0.1, 0.15) is 56.8 Å². The summed E-state index contributed by atoms with van der Waals surface area (Å²) in [6.07, 6.45) is 4.44. The van der Waals surface area contributed by atoms with Gasteiger partial charge in [0.05, 0.1) is 12.3 Å². The molecule has 0 saturated carbocycles. The lowest BCUT2D eigenvalue weighted by Crippen LogP contribution is -2.11. The molecule has 1 aromatic carbocycles. The van der Waals surface area contributed by atoms with E-state index in [1.165, 1.54) is 0 Å². The third-order valence-corrected chi connectivity index (χ3v) is 4.78. The third-order valence-electron chi connectivity index (χ3n) is 4.78. The molecule has 0 aliphatic carbocycles. The summed E-state index contributed by atoms with van der Waals surface area (Å²) in [5, 5.41) is 10.2. The van der Waals surface area contributed by atoms with Crippen molar-refractivity contribution in [1.29, 1.82) is 0 Å². The lowest BCUT2D eigenvalue weighted by molar-refractivity contribution is -0.137. The minimum Gasteiger partial charge on any atom is -0.486 e. The van der Waals surface area contributed by atoms with Crippen LogP contribution in [0.4, 0.5) is 0 Å². The molecule has 150 valence electrons. The number of aromatic amines is 1. The first-order valence-electron chi connectivity index (χ1n) is 9.80. The second kappa shape index (κ2) is 9.29. The van der Waals surface area contributed by atoms with E-state index in [-0.39, 0.29) is 18.4 Å². The normalized spacial score (nSPS) is 13.0. The van der Waals surface area contributed by atoms with E-state index in [2.05, 4.69) is 35.7 Å². The molecule has 0 bridgehead atoms. The number of carbonyl (C=O) groups is 1. The van der Waals surface area contributed by atoms with Crippen LogP contribution in [0.3, 0.4) is 0 Å². The molecule has 0 aliphatic heterocycles. The number of hydrogen-bond donors (Lipinski definition) is 2. The summed E-state index contributed by atoms with van der Waals surface area (Å²) in [7, 11) is 0. The maximum atomic E-state index is 11.1. The van der Waals surface area contributed by atoms with E-state index in [1.807, 2.05) is 42.6 Å². The van der Waals surface area contributed by atoms with Crippen LogP contribution in [0.25, 0.3) is 11.0 Å².